The van der Waals surface area contributed by atoms with Crippen molar-refractivity contribution < 1.29 is 38.5 Å². The van der Waals surface area contributed by atoms with Gasteiger partial charge in [0.2, 0.25) is 0 Å². The predicted octanol–water partition coefficient (Wildman–Crippen LogP) is 4.31. The summed E-state index contributed by atoms with van der Waals surface area (Å²) in [7, 11) is 0. The number of nitrogen functional groups attached to an aromatic ring is 1. The molecule has 0 saturated heterocycles. The Morgan fingerprint density at radius 2 is 1.51 bits per heavy atom. The standard InChI is InChI=1S/C26H31NO8/c1-4-33-24(32)8-6-14-35-26-20(17(3)29)11-12-21(25(26)27)18-9-10-19(16(2)28)22(15-18)34-13-5-7-23(30)31/h9-12,15H,4-8,13-14,27H2,1-3H3,(H,30,31). The van der Waals surface area contributed by atoms with E-state index in [0.717, 1.165) is 0 Å². The van der Waals surface area contributed by atoms with Crippen molar-refractivity contribution in [3.63, 3.8) is 0 Å². The lowest BCUT2D eigenvalue weighted by molar-refractivity contribution is -0.143. The van der Waals surface area contributed by atoms with Crippen LogP contribution in [0.2, 0.25) is 0 Å². The molecule has 188 valence electrons. The number of esters is 1. The molecule has 0 bridgehead atoms. The summed E-state index contributed by atoms with van der Waals surface area (Å²) in [5.74, 6) is -1.15. The summed E-state index contributed by atoms with van der Waals surface area (Å²) >= 11 is 0. The zero-order valence-electron chi connectivity index (χ0n) is 20.2. The van der Waals surface area contributed by atoms with Gasteiger partial charge < -0.3 is 25.1 Å². The van der Waals surface area contributed by atoms with Gasteiger partial charge in [-0.2, -0.15) is 0 Å². The van der Waals surface area contributed by atoms with Crippen molar-refractivity contribution in [2.24, 2.45) is 0 Å². The first-order valence-electron chi connectivity index (χ1n) is 11.4. The number of aliphatic carboxylic acids is 1. The van der Waals surface area contributed by atoms with Crippen molar-refractivity contribution >= 4 is 29.2 Å². The molecule has 9 heteroatoms. The Hall–Kier alpha value is -3.88. The van der Waals surface area contributed by atoms with Gasteiger partial charge in [-0.1, -0.05) is 12.1 Å². The highest BCUT2D eigenvalue weighted by atomic mass is 16.5. The molecule has 9 nitrogen and oxygen atoms in total. The maximum Gasteiger partial charge on any atom is 0.305 e. The van der Waals surface area contributed by atoms with Crippen molar-refractivity contribution in [3.8, 4) is 22.6 Å². The smallest absolute Gasteiger partial charge is 0.305 e. The van der Waals surface area contributed by atoms with Crippen LogP contribution in [0.1, 0.15) is 67.2 Å². The van der Waals surface area contributed by atoms with E-state index in [0.29, 0.717) is 41.0 Å². The van der Waals surface area contributed by atoms with Crippen LogP contribution in [0.4, 0.5) is 5.69 Å². The summed E-state index contributed by atoms with van der Waals surface area (Å²) < 4.78 is 16.4. The summed E-state index contributed by atoms with van der Waals surface area (Å²) in [5, 5.41) is 8.81. The third-order valence-corrected chi connectivity index (χ3v) is 5.12. The third-order valence-electron chi connectivity index (χ3n) is 5.12. The number of benzene rings is 2. The Morgan fingerprint density at radius 1 is 0.886 bits per heavy atom. The molecule has 35 heavy (non-hydrogen) atoms. The number of anilines is 1. The zero-order valence-corrected chi connectivity index (χ0v) is 20.2. The van der Waals surface area contributed by atoms with Crippen LogP contribution in [0.25, 0.3) is 11.1 Å². The van der Waals surface area contributed by atoms with Crippen LogP contribution in [-0.2, 0) is 14.3 Å². The van der Waals surface area contributed by atoms with E-state index >= 15 is 0 Å². The van der Waals surface area contributed by atoms with Crippen molar-refractivity contribution in [2.75, 3.05) is 25.6 Å². The van der Waals surface area contributed by atoms with Gasteiger partial charge in [-0.3, -0.25) is 19.2 Å². The van der Waals surface area contributed by atoms with E-state index in [4.69, 9.17) is 25.1 Å². The van der Waals surface area contributed by atoms with Gasteiger partial charge in [0.15, 0.2) is 17.3 Å². The predicted molar refractivity (Wildman–Crippen MR) is 130 cm³/mol. The maximum atomic E-state index is 12.2. The number of ketones is 2. The van der Waals surface area contributed by atoms with Gasteiger partial charge in [-0.25, -0.2) is 0 Å². The van der Waals surface area contributed by atoms with Crippen molar-refractivity contribution in [2.45, 2.75) is 46.5 Å². The molecule has 2 rings (SSSR count). The summed E-state index contributed by atoms with van der Waals surface area (Å²) in [6, 6.07) is 8.28. The minimum atomic E-state index is -0.928. The van der Waals surface area contributed by atoms with Crippen LogP contribution in [-0.4, -0.2) is 48.4 Å². The highest BCUT2D eigenvalue weighted by molar-refractivity contribution is 6.01. The molecule has 0 radical (unpaired) electrons. The van der Waals surface area contributed by atoms with E-state index in [-0.39, 0.29) is 61.4 Å². The lowest BCUT2D eigenvalue weighted by Gasteiger charge is -2.17. The Labute approximate surface area is 204 Å². The summed E-state index contributed by atoms with van der Waals surface area (Å²) in [4.78, 5) is 46.5. The van der Waals surface area contributed by atoms with E-state index in [9.17, 15) is 19.2 Å². The second kappa shape index (κ2) is 13.1. The average molecular weight is 486 g/mol. The molecule has 2 aromatic rings. The van der Waals surface area contributed by atoms with Crippen LogP contribution < -0.4 is 15.2 Å². The number of nitrogens with two attached hydrogens (primary N) is 1. The van der Waals surface area contributed by atoms with E-state index in [2.05, 4.69) is 0 Å². The molecule has 0 unspecified atom stereocenters. The van der Waals surface area contributed by atoms with Gasteiger partial charge in [-0.15, -0.1) is 0 Å². The minimum absolute atomic E-state index is 0.0502. The molecule has 0 aliphatic rings. The molecule has 0 saturated carbocycles. The van der Waals surface area contributed by atoms with Gasteiger partial charge >= 0.3 is 11.9 Å². The second-order valence-corrected chi connectivity index (χ2v) is 7.83. The first kappa shape index (κ1) is 27.4. The van der Waals surface area contributed by atoms with Crippen molar-refractivity contribution in [1.82, 2.24) is 0 Å². The number of carbonyl (C=O) groups is 4. The fraction of sp³-hybridized carbons (Fsp3) is 0.385. The highest BCUT2D eigenvalue weighted by Gasteiger charge is 2.19. The van der Waals surface area contributed by atoms with E-state index < -0.39 is 5.97 Å². The molecule has 0 aliphatic carbocycles. The van der Waals surface area contributed by atoms with Gasteiger partial charge in [0.25, 0.3) is 0 Å². The zero-order chi connectivity index (χ0) is 26.0. The van der Waals surface area contributed by atoms with Crippen LogP contribution in [0.5, 0.6) is 11.5 Å². The number of ether oxygens (including phenoxy) is 3. The summed E-state index contributed by atoms with van der Waals surface area (Å²) in [5.41, 5.74) is 8.52. The minimum Gasteiger partial charge on any atom is -0.493 e. The molecular formula is C26H31NO8. The van der Waals surface area contributed by atoms with Crippen molar-refractivity contribution in [3.05, 3.63) is 41.5 Å². The SMILES string of the molecule is CCOC(=O)CCCOc1c(C(C)=O)ccc(-c2ccc(C(C)=O)c(OCCCC(=O)O)c2)c1N. The molecule has 0 fully saturated rings. The Bertz CT molecular complexity index is 1090. The third kappa shape index (κ3) is 7.84. The number of Topliss-reactive ketones (excluding diaryl/α,β-unsaturated/α-hetero) is 2. The van der Waals surface area contributed by atoms with Crippen LogP contribution in [0.3, 0.4) is 0 Å². The topological polar surface area (TPSA) is 142 Å². The molecule has 2 aromatic carbocycles. The number of carbonyl (C=O) groups excluding carboxylic acids is 3. The molecule has 0 amide bonds. The Balaban J connectivity index is 2.33. The maximum absolute atomic E-state index is 12.2. The van der Waals surface area contributed by atoms with E-state index in [1.165, 1.54) is 13.8 Å². The fourth-order valence-corrected chi connectivity index (χ4v) is 3.41. The number of rotatable bonds is 14. The molecule has 0 spiro atoms. The number of carboxylic acids is 1. The average Bonchev–Trinajstić information content (AvgIpc) is 2.79. The van der Waals surface area contributed by atoms with Crippen LogP contribution in [0.15, 0.2) is 30.3 Å². The van der Waals surface area contributed by atoms with Gasteiger partial charge in [0, 0.05) is 18.4 Å². The quantitative estimate of drug-likeness (QED) is 0.173. The molecule has 3 N–H and O–H groups in total. The molecule has 0 aromatic heterocycles. The lowest BCUT2D eigenvalue weighted by atomic mass is 9.97. The molecule has 0 atom stereocenters. The van der Waals surface area contributed by atoms with Crippen molar-refractivity contribution in [1.29, 1.82) is 0 Å². The molecule has 0 heterocycles. The van der Waals surface area contributed by atoms with E-state index in [1.54, 1.807) is 37.3 Å². The monoisotopic (exact) mass is 485 g/mol. The summed E-state index contributed by atoms with van der Waals surface area (Å²) in [6.07, 6.45) is 0.807. The lowest BCUT2D eigenvalue weighted by Crippen LogP contribution is -2.10. The van der Waals surface area contributed by atoms with Crippen LogP contribution in [0, 0.1) is 0 Å². The Kier molecular flexibility index (Phi) is 10.3. The Morgan fingerprint density at radius 3 is 2.14 bits per heavy atom. The molecule has 0 aliphatic heterocycles. The first-order valence-corrected chi connectivity index (χ1v) is 11.4. The number of hydrogen-bond donors (Lipinski definition) is 2. The van der Waals surface area contributed by atoms with Crippen LogP contribution >= 0.6 is 0 Å². The first-order chi connectivity index (χ1) is 16.6. The largest absolute Gasteiger partial charge is 0.493 e. The second-order valence-electron chi connectivity index (χ2n) is 7.83. The normalized spacial score (nSPS) is 10.5. The highest BCUT2D eigenvalue weighted by Crippen LogP contribution is 2.38. The number of hydrogen-bond acceptors (Lipinski definition) is 8. The summed E-state index contributed by atoms with van der Waals surface area (Å²) in [6.45, 7) is 5.14. The molecular weight excluding hydrogens is 454 g/mol. The van der Waals surface area contributed by atoms with Gasteiger partial charge in [0.05, 0.1) is 36.6 Å². The number of carboxylic acid groups (broad SMARTS) is 1. The van der Waals surface area contributed by atoms with E-state index in [1.807, 2.05) is 0 Å². The fourth-order valence-electron chi connectivity index (χ4n) is 3.41. The van der Waals surface area contributed by atoms with Gasteiger partial charge in [0.1, 0.15) is 5.75 Å². The van der Waals surface area contributed by atoms with Gasteiger partial charge in [-0.05, 0) is 57.4 Å².